The summed E-state index contributed by atoms with van der Waals surface area (Å²) in [5.74, 6) is 0.842. The van der Waals surface area contributed by atoms with Gasteiger partial charge in [0.05, 0.1) is 0 Å². The van der Waals surface area contributed by atoms with Crippen LogP contribution in [0.2, 0.25) is 0 Å². The van der Waals surface area contributed by atoms with E-state index in [0.717, 1.165) is 5.92 Å². The molecule has 0 aliphatic carbocycles. The van der Waals surface area contributed by atoms with E-state index in [-0.39, 0.29) is 0 Å². The smallest absolute Gasteiger partial charge is 0.0299 e. The fraction of sp³-hybridized carbons (Fsp3) is 0.833. The zero-order valence-electron chi connectivity index (χ0n) is 9.35. The van der Waals surface area contributed by atoms with Crippen LogP contribution in [0.1, 0.15) is 53.9 Å². The minimum atomic E-state index is 0.497. The first-order valence-corrected chi connectivity index (χ1v) is 5.09. The Bertz CT molecular complexity index is 129. The lowest BCUT2D eigenvalue weighted by Gasteiger charge is -2.23. The van der Waals surface area contributed by atoms with E-state index < -0.39 is 0 Å². The van der Waals surface area contributed by atoms with Crippen molar-refractivity contribution in [3.63, 3.8) is 0 Å². The highest BCUT2D eigenvalue weighted by Crippen LogP contribution is 2.28. The maximum absolute atomic E-state index is 2.36. The molecule has 0 aromatic rings. The second-order valence-corrected chi connectivity index (χ2v) is 4.87. The van der Waals surface area contributed by atoms with Crippen molar-refractivity contribution in [2.45, 2.75) is 53.9 Å². The predicted octanol–water partition coefficient (Wildman–Crippen LogP) is 4.42. The van der Waals surface area contributed by atoms with Crippen molar-refractivity contribution in [1.29, 1.82) is 0 Å². The number of allylic oxidation sites excluding steroid dienone is 2. The van der Waals surface area contributed by atoms with Crippen LogP contribution in [-0.4, -0.2) is 0 Å². The van der Waals surface area contributed by atoms with Gasteiger partial charge in [0.1, 0.15) is 0 Å². The number of hydrogen-bond donors (Lipinski definition) is 0. The Hall–Kier alpha value is -0.260. The van der Waals surface area contributed by atoms with Crippen molar-refractivity contribution >= 4 is 0 Å². The van der Waals surface area contributed by atoms with Crippen LogP contribution >= 0.6 is 0 Å². The van der Waals surface area contributed by atoms with E-state index in [4.69, 9.17) is 0 Å². The summed E-state index contributed by atoms with van der Waals surface area (Å²) < 4.78 is 0. The zero-order chi connectivity index (χ0) is 9.61. The van der Waals surface area contributed by atoms with E-state index in [9.17, 15) is 0 Å². The van der Waals surface area contributed by atoms with Crippen molar-refractivity contribution in [3.05, 3.63) is 12.2 Å². The van der Waals surface area contributed by atoms with Crippen LogP contribution in [-0.2, 0) is 0 Å². The Morgan fingerprint density at radius 1 is 1.25 bits per heavy atom. The SMILES string of the molecule is CC=CCC(C)(C)CCC(C)C. The lowest BCUT2D eigenvalue weighted by atomic mass is 9.82. The highest BCUT2D eigenvalue weighted by Gasteiger charge is 2.15. The zero-order valence-corrected chi connectivity index (χ0v) is 9.35. The van der Waals surface area contributed by atoms with Gasteiger partial charge >= 0.3 is 0 Å². The molecule has 0 atom stereocenters. The van der Waals surface area contributed by atoms with Gasteiger partial charge in [0.15, 0.2) is 0 Å². The largest absolute Gasteiger partial charge is 0.0916 e. The average molecular weight is 168 g/mol. The molecule has 0 fully saturated rings. The Kier molecular flexibility index (Phi) is 5.28. The molecule has 0 heterocycles. The van der Waals surface area contributed by atoms with E-state index in [1.54, 1.807) is 0 Å². The molecule has 0 aliphatic rings. The molecule has 0 amide bonds. The summed E-state index contributed by atoms with van der Waals surface area (Å²) in [6, 6.07) is 0. The van der Waals surface area contributed by atoms with Gasteiger partial charge < -0.3 is 0 Å². The molecule has 0 rings (SSSR count). The highest BCUT2D eigenvalue weighted by molar-refractivity contribution is 4.84. The molecule has 0 aliphatic heterocycles. The summed E-state index contributed by atoms with van der Waals surface area (Å²) in [7, 11) is 0. The molecule has 72 valence electrons. The molecule has 0 heteroatoms. The van der Waals surface area contributed by atoms with Gasteiger partial charge in [-0.15, -0.1) is 0 Å². The second-order valence-electron chi connectivity index (χ2n) is 4.87. The van der Waals surface area contributed by atoms with E-state index in [1.165, 1.54) is 19.3 Å². The summed E-state index contributed by atoms with van der Waals surface area (Å²) in [6.45, 7) is 11.4. The van der Waals surface area contributed by atoms with E-state index in [2.05, 4.69) is 46.8 Å². The Morgan fingerprint density at radius 3 is 2.25 bits per heavy atom. The molecule has 0 radical (unpaired) electrons. The van der Waals surface area contributed by atoms with Crippen LogP contribution in [0.25, 0.3) is 0 Å². The van der Waals surface area contributed by atoms with Gasteiger partial charge in [0.2, 0.25) is 0 Å². The third-order valence-corrected chi connectivity index (χ3v) is 2.30. The van der Waals surface area contributed by atoms with Crippen molar-refractivity contribution in [2.75, 3.05) is 0 Å². The van der Waals surface area contributed by atoms with E-state index in [1.807, 2.05) is 0 Å². The van der Waals surface area contributed by atoms with Crippen molar-refractivity contribution in [1.82, 2.24) is 0 Å². The Morgan fingerprint density at radius 2 is 1.83 bits per heavy atom. The first-order chi connectivity index (χ1) is 5.48. The molecule has 0 N–H and O–H groups in total. The molecule has 0 saturated carbocycles. The summed E-state index contributed by atoms with van der Waals surface area (Å²) in [5.41, 5.74) is 0.497. The normalized spacial score (nSPS) is 13.2. The molecular formula is C12H24. The van der Waals surface area contributed by atoms with Crippen LogP contribution in [0, 0.1) is 11.3 Å². The van der Waals surface area contributed by atoms with Gasteiger partial charge in [-0.3, -0.25) is 0 Å². The van der Waals surface area contributed by atoms with Crippen molar-refractivity contribution < 1.29 is 0 Å². The van der Waals surface area contributed by atoms with Gasteiger partial charge in [-0.25, -0.2) is 0 Å². The van der Waals surface area contributed by atoms with Crippen molar-refractivity contribution in [3.8, 4) is 0 Å². The molecule has 0 nitrogen and oxygen atoms in total. The summed E-state index contributed by atoms with van der Waals surface area (Å²) in [4.78, 5) is 0. The molecule has 12 heavy (non-hydrogen) atoms. The number of hydrogen-bond acceptors (Lipinski definition) is 0. The lowest BCUT2D eigenvalue weighted by Crippen LogP contribution is -2.10. The van der Waals surface area contributed by atoms with Crippen LogP contribution in [0.5, 0.6) is 0 Å². The molecule has 0 saturated heterocycles. The fourth-order valence-corrected chi connectivity index (χ4v) is 1.22. The van der Waals surface area contributed by atoms with E-state index in [0.29, 0.717) is 5.41 Å². The van der Waals surface area contributed by atoms with Gasteiger partial charge in [0.25, 0.3) is 0 Å². The molecule has 0 aromatic heterocycles. The molecule has 0 spiro atoms. The van der Waals surface area contributed by atoms with Gasteiger partial charge in [-0.05, 0) is 31.1 Å². The maximum Gasteiger partial charge on any atom is -0.0299 e. The second kappa shape index (κ2) is 5.40. The van der Waals surface area contributed by atoms with Crippen molar-refractivity contribution in [2.24, 2.45) is 11.3 Å². The molecular weight excluding hydrogens is 144 g/mol. The van der Waals surface area contributed by atoms with Gasteiger partial charge in [-0.1, -0.05) is 46.3 Å². The summed E-state index contributed by atoms with van der Waals surface area (Å²) >= 11 is 0. The van der Waals surface area contributed by atoms with Crippen LogP contribution in [0.3, 0.4) is 0 Å². The van der Waals surface area contributed by atoms with E-state index >= 15 is 0 Å². The van der Waals surface area contributed by atoms with Crippen LogP contribution in [0.4, 0.5) is 0 Å². The quantitative estimate of drug-likeness (QED) is 0.533. The average Bonchev–Trinajstić information content (AvgIpc) is 1.98. The van der Waals surface area contributed by atoms with Crippen LogP contribution in [0.15, 0.2) is 12.2 Å². The molecule has 0 unspecified atom stereocenters. The Balaban J connectivity index is 3.70. The first-order valence-electron chi connectivity index (χ1n) is 5.09. The third-order valence-electron chi connectivity index (χ3n) is 2.30. The van der Waals surface area contributed by atoms with Gasteiger partial charge in [-0.2, -0.15) is 0 Å². The summed E-state index contributed by atoms with van der Waals surface area (Å²) in [6.07, 6.45) is 8.34. The minimum absolute atomic E-state index is 0.497. The molecule has 0 aromatic carbocycles. The first kappa shape index (κ1) is 11.7. The number of rotatable bonds is 5. The monoisotopic (exact) mass is 168 g/mol. The summed E-state index contributed by atoms with van der Waals surface area (Å²) in [5, 5.41) is 0. The minimum Gasteiger partial charge on any atom is -0.0916 e. The predicted molar refractivity (Wildman–Crippen MR) is 57.3 cm³/mol. The maximum atomic E-state index is 2.36. The lowest BCUT2D eigenvalue weighted by molar-refractivity contribution is 0.307. The molecule has 0 bridgehead atoms. The topological polar surface area (TPSA) is 0 Å². The highest BCUT2D eigenvalue weighted by atomic mass is 14.2. The Labute approximate surface area is 78.1 Å². The third kappa shape index (κ3) is 6.45. The standard InChI is InChI=1S/C12H24/c1-6-7-9-12(4,5)10-8-11(2)3/h6-7,11H,8-10H2,1-5H3. The van der Waals surface area contributed by atoms with Gasteiger partial charge in [0, 0.05) is 0 Å². The fourth-order valence-electron chi connectivity index (χ4n) is 1.22. The van der Waals surface area contributed by atoms with Crippen LogP contribution < -0.4 is 0 Å².